The van der Waals surface area contributed by atoms with E-state index in [1.165, 1.54) is 19.3 Å². The molecule has 0 amide bonds. The van der Waals surface area contributed by atoms with Crippen LogP contribution in [0.3, 0.4) is 0 Å². The van der Waals surface area contributed by atoms with Gasteiger partial charge in [0, 0.05) is 0 Å². The Morgan fingerprint density at radius 2 is 2.00 bits per heavy atom. The Kier molecular flexibility index (Phi) is 3.13. The number of hydrogen-bond donors (Lipinski definition) is 0. The fourth-order valence-electron chi connectivity index (χ4n) is 2.21. The second-order valence-electron chi connectivity index (χ2n) is 3.75. The summed E-state index contributed by atoms with van der Waals surface area (Å²) in [5, 5.41) is 0. The van der Waals surface area contributed by atoms with E-state index in [1.807, 2.05) is 13.8 Å². The zero-order valence-corrected chi connectivity index (χ0v) is 8.51. The molecule has 0 heteroatoms. The summed E-state index contributed by atoms with van der Waals surface area (Å²) in [6.45, 7) is 6.38. The fraction of sp³-hybridized carbons (Fsp3) is 0.667. The molecule has 0 aromatic heterocycles. The van der Waals surface area contributed by atoms with Gasteiger partial charge in [0.2, 0.25) is 0 Å². The van der Waals surface area contributed by atoms with Crippen molar-refractivity contribution in [3.63, 3.8) is 0 Å². The SMILES string of the molecule is CC.CC12C=CC=CC1CCC2. The maximum absolute atomic E-state index is 2.38. The van der Waals surface area contributed by atoms with Crippen molar-refractivity contribution in [2.75, 3.05) is 0 Å². The van der Waals surface area contributed by atoms with Crippen molar-refractivity contribution in [3.8, 4) is 0 Å². The summed E-state index contributed by atoms with van der Waals surface area (Å²) in [6.07, 6.45) is 13.3. The number of allylic oxidation sites excluding steroid dienone is 4. The molecule has 1 saturated carbocycles. The monoisotopic (exact) mass is 164 g/mol. The lowest BCUT2D eigenvalue weighted by atomic mass is 9.77. The molecule has 0 aromatic rings. The molecule has 0 spiro atoms. The molecule has 0 bridgehead atoms. The molecule has 2 unspecified atom stereocenters. The van der Waals surface area contributed by atoms with Crippen LogP contribution < -0.4 is 0 Å². The van der Waals surface area contributed by atoms with E-state index in [2.05, 4.69) is 31.2 Å². The van der Waals surface area contributed by atoms with Gasteiger partial charge in [-0.05, 0) is 24.2 Å². The first-order valence-electron chi connectivity index (χ1n) is 5.17. The predicted octanol–water partition coefficient (Wildman–Crippen LogP) is 3.95. The van der Waals surface area contributed by atoms with Gasteiger partial charge in [0.05, 0.1) is 0 Å². The normalized spacial score (nSPS) is 37.1. The van der Waals surface area contributed by atoms with Crippen LogP contribution in [0.25, 0.3) is 0 Å². The Morgan fingerprint density at radius 3 is 2.67 bits per heavy atom. The number of hydrogen-bond acceptors (Lipinski definition) is 0. The molecular weight excluding hydrogens is 144 g/mol. The molecule has 2 aliphatic rings. The van der Waals surface area contributed by atoms with Crippen molar-refractivity contribution in [3.05, 3.63) is 24.3 Å². The van der Waals surface area contributed by atoms with Gasteiger partial charge in [-0.15, -0.1) is 0 Å². The number of rotatable bonds is 0. The van der Waals surface area contributed by atoms with Gasteiger partial charge in [-0.3, -0.25) is 0 Å². The first-order valence-corrected chi connectivity index (χ1v) is 5.17. The Bertz CT molecular complexity index is 188. The highest BCUT2D eigenvalue weighted by atomic mass is 14.4. The first kappa shape index (κ1) is 9.57. The molecule has 2 rings (SSSR count). The van der Waals surface area contributed by atoms with Crippen molar-refractivity contribution in [1.29, 1.82) is 0 Å². The van der Waals surface area contributed by atoms with E-state index in [4.69, 9.17) is 0 Å². The molecule has 0 nitrogen and oxygen atoms in total. The zero-order valence-electron chi connectivity index (χ0n) is 8.51. The van der Waals surface area contributed by atoms with Gasteiger partial charge in [0.1, 0.15) is 0 Å². The van der Waals surface area contributed by atoms with Gasteiger partial charge in [-0.2, -0.15) is 0 Å². The third-order valence-corrected chi connectivity index (χ3v) is 3.01. The summed E-state index contributed by atoms with van der Waals surface area (Å²) in [5.41, 5.74) is 0.523. The van der Waals surface area contributed by atoms with Gasteiger partial charge in [-0.25, -0.2) is 0 Å². The summed E-state index contributed by atoms with van der Waals surface area (Å²) in [6, 6.07) is 0. The molecule has 0 aromatic carbocycles. The van der Waals surface area contributed by atoms with Crippen LogP contribution in [0.15, 0.2) is 24.3 Å². The average Bonchev–Trinajstić information content (AvgIpc) is 2.49. The lowest BCUT2D eigenvalue weighted by molar-refractivity contribution is 0.360. The Hall–Kier alpha value is -0.520. The third-order valence-electron chi connectivity index (χ3n) is 3.01. The van der Waals surface area contributed by atoms with Crippen LogP contribution in [-0.4, -0.2) is 0 Å². The fourth-order valence-corrected chi connectivity index (χ4v) is 2.21. The molecule has 0 radical (unpaired) electrons. The smallest absolute Gasteiger partial charge is 0.00806 e. The Morgan fingerprint density at radius 1 is 1.25 bits per heavy atom. The van der Waals surface area contributed by atoms with Crippen molar-refractivity contribution in [2.24, 2.45) is 11.3 Å². The van der Waals surface area contributed by atoms with Gasteiger partial charge in [0.25, 0.3) is 0 Å². The van der Waals surface area contributed by atoms with Gasteiger partial charge < -0.3 is 0 Å². The van der Waals surface area contributed by atoms with Crippen LogP contribution in [0.5, 0.6) is 0 Å². The maximum atomic E-state index is 2.38. The van der Waals surface area contributed by atoms with E-state index in [1.54, 1.807) is 0 Å². The molecule has 1 fully saturated rings. The second kappa shape index (κ2) is 3.93. The van der Waals surface area contributed by atoms with Crippen LogP contribution in [0.1, 0.15) is 40.0 Å². The van der Waals surface area contributed by atoms with E-state index >= 15 is 0 Å². The Balaban J connectivity index is 0.000000336. The lowest BCUT2D eigenvalue weighted by Gasteiger charge is -2.27. The van der Waals surface area contributed by atoms with Crippen LogP contribution in [-0.2, 0) is 0 Å². The van der Waals surface area contributed by atoms with Crippen LogP contribution >= 0.6 is 0 Å². The highest BCUT2D eigenvalue weighted by Gasteiger charge is 2.35. The van der Waals surface area contributed by atoms with E-state index in [-0.39, 0.29) is 0 Å². The standard InChI is InChI=1S/C10H14.C2H6/c1-10-7-3-2-5-9(10)6-4-8-10;1-2/h2-3,5,7,9H,4,6,8H2,1H3;1-2H3. The highest BCUT2D eigenvalue weighted by molar-refractivity contribution is 5.20. The highest BCUT2D eigenvalue weighted by Crippen LogP contribution is 2.46. The first-order chi connectivity index (χ1) is 5.81. The second-order valence-corrected chi connectivity index (χ2v) is 3.75. The van der Waals surface area contributed by atoms with E-state index in [0.717, 1.165) is 5.92 Å². The average molecular weight is 164 g/mol. The number of fused-ring (bicyclic) bond motifs is 1. The van der Waals surface area contributed by atoms with Crippen LogP contribution in [0.4, 0.5) is 0 Å². The van der Waals surface area contributed by atoms with Gasteiger partial charge in [-0.1, -0.05) is 51.5 Å². The minimum atomic E-state index is 0.523. The molecule has 0 saturated heterocycles. The van der Waals surface area contributed by atoms with Crippen molar-refractivity contribution >= 4 is 0 Å². The largest absolute Gasteiger partial charge is 0.0806 e. The Labute approximate surface area is 76.4 Å². The van der Waals surface area contributed by atoms with Crippen LogP contribution in [0.2, 0.25) is 0 Å². The summed E-state index contributed by atoms with van der Waals surface area (Å²) in [7, 11) is 0. The minimum Gasteiger partial charge on any atom is -0.0806 e. The summed E-state index contributed by atoms with van der Waals surface area (Å²) in [4.78, 5) is 0. The molecule has 0 heterocycles. The molecule has 2 aliphatic carbocycles. The molecule has 12 heavy (non-hydrogen) atoms. The molecule has 2 atom stereocenters. The van der Waals surface area contributed by atoms with Crippen molar-refractivity contribution in [2.45, 2.75) is 40.0 Å². The van der Waals surface area contributed by atoms with E-state index in [0.29, 0.717) is 5.41 Å². The molecule has 68 valence electrons. The van der Waals surface area contributed by atoms with Crippen LogP contribution in [0, 0.1) is 11.3 Å². The zero-order chi connectivity index (χ0) is 9.03. The summed E-state index contributed by atoms with van der Waals surface area (Å²) >= 11 is 0. The van der Waals surface area contributed by atoms with Gasteiger partial charge >= 0.3 is 0 Å². The summed E-state index contributed by atoms with van der Waals surface area (Å²) < 4.78 is 0. The maximum Gasteiger partial charge on any atom is -0.00806 e. The third kappa shape index (κ3) is 1.63. The van der Waals surface area contributed by atoms with E-state index < -0.39 is 0 Å². The quantitative estimate of drug-likeness (QED) is 0.508. The minimum absolute atomic E-state index is 0.523. The molecular formula is C12H20. The predicted molar refractivity (Wildman–Crippen MR) is 55.1 cm³/mol. The van der Waals surface area contributed by atoms with Gasteiger partial charge in [0.15, 0.2) is 0 Å². The lowest BCUT2D eigenvalue weighted by Crippen LogP contribution is -2.18. The summed E-state index contributed by atoms with van der Waals surface area (Å²) in [5.74, 6) is 0.845. The van der Waals surface area contributed by atoms with Crippen molar-refractivity contribution < 1.29 is 0 Å². The van der Waals surface area contributed by atoms with E-state index in [9.17, 15) is 0 Å². The molecule has 0 aliphatic heterocycles. The molecule has 0 N–H and O–H groups in total. The van der Waals surface area contributed by atoms with Crippen molar-refractivity contribution in [1.82, 2.24) is 0 Å². The topological polar surface area (TPSA) is 0 Å².